The Morgan fingerprint density at radius 2 is 1.89 bits per heavy atom. The average molecular weight is 403 g/mol. The van der Waals surface area contributed by atoms with Gasteiger partial charge in [-0.25, -0.2) is 4.79 Å². The molecule has 3 rings (SSSR count). The molecule has 2 fully saturated rings. The number of likely N-dealkylation sites (tertiary alicyclic amines) is 2. The van der Waals surface area contributed by atoms with Gasteiger partial charge in [0.1, 0.15) is 0 Å². The van der Waals surface area contributed by atoms with E-state index in [9.17, 15) is 22.8 Å². The van der Waals surface area contributed by atoms with Crippen LogP contribution in [0.15, 0.2) is 24.5 Å². The highest BCUT2D eigenvalue weighted by Crippen LogP contribution is 2.33. The molecule has 0 aromatic carbocycles. The fraction of sp³-hybridized carbons (Fsp3) is 0.529. The molecular formula is C17H20F3N3O5. The van der Waals surface area contributed by atoms with E-state index in [0.717, 1.165) is 6.42 Å². The number of carbonyl (C=O) groups excluding carboxylic acids is 2. The van der Waals surface area contributed by atoms with E-state index in [1.165, 1.54) is 0 Å². The van der Waals surface area contributed by atoms with Crippen molar-refractivity contribution in [3.63, 3.8) is 0 Å². The number of nitrogens with zero attached hydrogens (tertiary/aromatic N) is 3. The lowest BCUT2D eigenvalue weighted by Gasteiger charge is -2.25. The topological polar surface area (TPSA) is 100 Å². The maximum absolute atomic E-state index is 12.6. The van der Waals surface area contributed by atoms with Crippen LogP contribution in [0.5, 0.6) is 0 Å². The van der Waals surface area contributed by atoms with Crippen LogP contribution in [0.25, 0.3) is 0 Å². The number of hydrogen-bond donors (Lipinski definition) is 1. The van der Waals surface area contributed by atoms with E-state index in [0.29, 0.717) is 31.7 Å². The Morgan fingerprint density at radius 3 is 2.43 bits per heavy atom. The zero-order valence-corrected chi connectivity index (χ0v) is 15.1. The van der Waals surface area contributed by atoms with Gasteiger partial charge in [-0.1, -0.05) is 0 Å². The van der Waals surface area contributed by atoms with Crippen LogP contribution in [0.4, 0.5) is 13.2 Å². The minimum absolute atomic E-state index is 0.00461. The van der Waals surface area contributed by atoms with Crippen molar-refractivity contribution >= 4 is 17.8 Å². The van der Waals surface area contributed by atoms with Crippen molar-refractivity contribution in [1.29, 1.82) is 0 Å². The lowest BCUT2D eigenvalue weighted by molar-refractivity contribution is -0.192. The second-order valence-corrected chi connectivity index (χ2v) is 6.24. The average Bonchev–Trinajstić information content (AvgIpc) is 3.18. The van der Waals surface area contributed by atoms with Gasteiger partial charge in [-0.15, -0.1) is 0 Å². The third-order valence-corrected chi connectivity index (χ3v) is 4.58. The molecule has 28 heavy (non-hydrogen) atoms. The number of halogens is 3. The second kappa shape index (κ2) is 9.00. The Morgan fingerprint density at radius 1 is 1.29 bits per heavy atom. The van der Waals surface area contributed by atoms with Gasteiger partial charge in [0, 0.05) is 44.6 Å². The Bertz CT molecular complexity index is 714. The molecule has 2 saturated heterocycles. The van der Waals surface area contributed by atoms with Crippen LogP contribution >= 0.6 is 0 Å². The predicted octanol–water partition coefficient (Wildman–Crippen LogP) is 1.18. The molecule has 0 aliphatic carbocycles. The van der Waals surface area contributed by atoms with E-state index in [-0.39, 0.29) is 23.9 Å². The van der Waals surface area contributed by atoms with Crippen LogP contribution < -0.4 is 0 Å². The van der Waals surface area contributed by atoms with Gasteiger partial charge in [0.2, 0.25) is 5.91 Å². The summed E-state index contributed by atoms with van der Waals surface area (Å²) in [7, 11) is 1.63. The number of ether oxygens (including phenoxy) is 1. The SMILES string of the molecule is COCCN1C(=O)C[C@H]2[C@@H]1CCN2C(=O)c1ccncc1.O=C(O)C(F)(F)F. The molecular weight excluding hydrogens is 383 g/mol. The molecule has 11 heteroatoms. The van der Waals surface area contributed by atoms with Crippen molar-refractivity contribution in [3.05, 3.63) is 30.1 Å². The summed E-state index contributed by atoms with van der Waals surface area (Å²) in [5, 5.41) is 7.12. The minimum Gasteiger partial charge on any atom is -0.475 e. The fourth-order valence-electron chi connectivity index (χ4n) is 3.32. The standard InChI is InChI=1S/C15H19N3O3.C2HF3O2/c1-21-9-8-17-12-4-7-18(13(12)10-14(17)19)15(20)11-2-5-16-6-3-11;3-2(4,5)1(6)7/h2-3,5-6,12-13H,4,7-10H2,1H3;(H,6,7)/t12-,13-;/m0./s1. The Balaban J connectivity index is 0.000000345. The molecule has 2 atom stereocenters. The van der Waals surface area contributed by atoms with Crippen LogP contribution in [0.1, 0.15) is 23.2 Å². The molecule has 2 aliphatic heterocycles. The summed E-state index contributed by atoms with van der Waals surface area (Å²) in [6, 6.07) is 3.57. The number of alkyl halides is 3. The number of aliphatic carboxylic acids is 1. The molecule has 2 amide bonds. The highest BCUT2D eigenvalue weighted by molar-refractivity contribution is 5.95. The summed E-state index contributed by atoms with van der Waals surface area (Å²) < 4.78 is 36.8. The summed E-state index contributed by atoms with van der Waals surface area (Å²) in [5.74, 6) is -2.65. The van der Waals surface area contributed by atoms with Crippen molar-refractivity contribution in [2.75, 3.05) is 26.8 Å². The van der Waals surface area contributed by atoms with Gasteiger partial charge >= 0.3 is 12.1 Å². The molecule has 0 radical (unpaired) electrons. The third kappa shape index (κ3) is 4.97. The molecule has 0 saturated carbocycles. The van der Waals surface area contributed by atoms with E-state index < -0.39 is 12.1 Å². The first kappa shape index (κ1) is 21.6. The van der Waals surface area contributed by atoms with Crippen molar-refractivity contribution in [2.24, 2.45) is 0 Å². The van der Waals surface area contributed by atoms with Crippen LogP contribution in [0, 0.1) is 0 Å². The van der Waals surface area contributed by atoms with Crippen LogP contribution in [-0.4, -0.2) is 82.7 Å². The quantitative estimate of drug-likeness (QED) is 0.810. The monoisotopic (exact) mass is 403 g/mol. The lowest BCUT2D eigenvalue weighted by Crippen LogP contribution is -2.40. The molecule has 0 bridgehead atoms. The molecule has 8 nitrogen and oxygen atoms in total. The number of rotatable bonds is 4. The van der Waals surface area contributed by atoms with Gasteiger partial charge in [0.15, 0.2) is 0 Å². The van der Waals surface area contributed by atoms with Gasteiger partial charge in [-0.05, 0) is 18.6 Å². The normalized spacial score (nSPS) is 21.2. The van der Waals surface area contributed by atoms with Gasteiger partial charge in [0.25, 0.3) is 5.91 Å². The summed E-state index contributed by atoms with van der Waals surface area (Å²) in [5.41, 5.74) is 0.633. The number of methoxy groups -OCH3 is 1. The summed E-state index contributed by atoms with van der Waals surface area (Å²) in [6.07, 6.45) is -0.584. The fourth-order valence-corrected chi connectivity index (χ4v) is 3.32. The van der Waals surface area contributed by atoms with Crippen molar-refractivity contribution in [3.8, 4) is 0 Å². The van der Waals surface area contributed by atoms with E-state index in [2.05, 4.69) is 4.98 Å². The van der Waals surface area contributed by atoms with E-state index in [1.807, 2.05) is 9.80 Å². The second-order valence-electron chi connectivity index (χ2n) is 6.24. The summed E-state index contributed by atoms with van der Waals surface area (Å²) >= 11 is 0. The molecule has 1 aromatic heterocycles. The highest BCUT2D eigenvalue weighted by atomic mass is 19.4. The molecule has 0 unspecified atom stereocenters. The first-order chi connectivity index (χ1) is 13.2. The molecule has 3 heterocycles. The number of hydrogen-bond acceptors (Lipinski definition) is 5. The molecule has 1 N–H and O–H groups in total. The number of amides is 2. The highest BCUT2D eigenvalue weighted by Gasteiger charge is 2.48. The van der Waals surface area contributed by atoms with E-state index in [1.54, 1.807) is 31.6 Å². The molecule has 0 spiro atoms. The van der Waals surface area contributed by atoms with Gasteiger partial charge in [-0.3, -0.25) is 14.6 Å². The van der Waals surface area contributed by atoms with Crippen LogP contribution in [0.3, 0.4) is 0 Å². The first-order valence-corrected chi connectivity index (χ1v) is 8.46. The number of carboxylic acid groups (broad SMARTS) is 1. The summed E-state index contributed by atoms with van der Waals surface area (Å²) in [4.78, 5) is 41.2. The Labute approximate surface area is 158 Å². The van der Waals surface area contributed by atoms with Crippen LogP contribution in [0.2, 0.25) is 0 Å². The first-order valence-electron chi connectivity index (χ1n) is 8.46. The Hall–Kier alpha value is -2.69. The number of carboxylic acids is 1. The lowest BCUT2D eigenvalue weighted by atomic mass is 10.1. The third-order valence-electron chi connectivity index (χ3n) is 4.58. The maximum atomic E-state index is 12.6. The number of aromatic nitrogens is 1. The van der Waals surface area contributed by atoms with Gasteiger partial charge in [0.05, 0.1) is 18.7 Å². The molecule has 154 valence electrons. The van der Waals surface area contributed by atoms with Crippen molar-refractivity contribution in [2.45, 2.75) is 31.1 Å². The van der Waals surface area contributed by atoms with Crippen LogP contribution in [-0.2, 0) is 14.3 Å². The zero-order valence-electron chi connectivity index (χ0n) is 15.1. The maximum Gasteiger partial charge on any atom is 0.490 e. The molecule has 2 aliphatic rings. The van der Waals surface area contributed by atoms with E-state index >= 15 is 0 Å². The predicted molar refractivity (Wildman–Crippen MR) is 89.4 cm³/mol. The number of fused-ring (bicyclic) bond motifs is 1. The van der Waals surface area contributed by atoms with Crippen molar-refractivity contribution in [1.82, 2.24) is 14.8 Å². The zero-order chi connectivity index (χ0) is 20.9. The van der Waals surface area contributed by atoms with Gasteiger partial charge in [-0.2, -0.15) is 13.2 Å². The minimum atomic E-state index is -5.08. The number of pyridine rings is 1. The summed E-state index contributed by atoms with van der Waals surface area (Å²) in [6.45, 7) is 1.84. The van der Waals surface area contributed by atoms with Gasteiger partial charge < -0.3 is 19.6 Å². The largest absolute Gasteiger partial charge is 0.490 e. The smallest absolute Gasteiger partial charge is 0.475 e. The number of carbonyl (C=O) groups is 3. The van der Waals surface area contributed by atoms with E-state index in [4.69, 9.17) is 14.6 Å². The Kier molecular flexibility index (Phi) is 6.95. The van der Waals surface area contributed by atoms with Crippen molar-refractivity contribution < 1.29 is 37.4 Å². The molecule has 1 aromatic rings.